The van der Waals surface area contributed by atoms with Crippen LogP contribution in [0, 0.1) is 6.58 Å². The molecule has 0 aliphatic rings. The molecular weight excluding hydrogens is 352 g/mol. The van der Waals surface area contributed by atoms with Gasteiger partial charge in [-0.05, 0) is 0 Å². The fourth-order valence-electron chi connectivity index (χ4n) is 0.455. The molecule has 0 aromatic heterocycles. The van der Waals surface area contributed by atoms with Gasteiger partial charge < -0.3 is 14.4 Å². The molecule has 0 heterocycles. The molecule has 0 spiro atoms. The summed E-state index contributed by atoms with van der Waals surface area (Å²) >= 11 is 0. The molecule has 0 rings (SSSR count). The maximum Gasteiger partial charge on any atom is 0 e. The van der Waals surface area contributed by atoms with E-state index in [-0.39, 0.29) is 21.1 Å². The molecule has 0 fully saturated rings. The first-order valence-corrected chi connectivity index (χ1v) is 3.07. The van der Waals surface area contributed by atoms with Crippen molar-refractivity contribution in [3.63, 3.8) is 0 Å². The van der Waals surface area contributed by atoms with E-state index in [1.165, 1.54) is 5.57 Å². The van der Waals surface area contributed by atoms with Gasteiger partial charge in [-0.15, -0.1) is 0 Å². The largest absolute Gasteiger partial charge is 0.545 e. The van der Waals surface area contributed by atoms with Gasteiger partial charge >= 0.3 is 0 Å². The Kier molecular flexibility index (Phi) is 83.2. The van der Waals surface area contributed by atoms with Crippen molar-refractivity contribution in [2.75, 3.05) is 0 Å². The Bertz CT molecular complexity index is 136. The predicted molar refractivity (Wildman–Crippen MR) is 53.2 cm³/mol. The number of hydrogen-bond acceptors (Lipinski definition) is 3. The van der Waals surface area contributed by atoms with Gasteiger partial charge in [0.15, 0.2) is 0 Å². The van der Waals surface area contributed by atoms with Crippen LogP contribution in [-0.2, 0) is 35.4 Å². The Balaban J connectivity index is -0.0000000332. The van der Waals surface area contributed by atoms with Crippen molar-refractivity contribution in [2.24, 2.45) is 0 Å². The second-order valence-corrected chi connectivity index (χ2v) is 1.97. The molecule has 82 valence electrons. The number of allylic oxidation sites excluding steroid dienone is 3. The van der Waals surface area contributed by atoms with E-state index in [4.69, 9.17) is 21.0 Å². The molecule has 14 heavy (non-hydrogen) atoms. The van der Waals surface area contributed by atoms with Crippen LogP contribution in [0.3, 0.4) is 0 Å². The Hall–Kier alpha value is -0.822. The number of carbonyl (C=O) groups excluding carboxylic acids is 3. The standard InChI is InChI=1S/C7H11.3CHO.W/c1-6(2)5-7(3)4;3*1-2;/h1,5H,2-4H3;3*1H;/q4*-1;. The van der Waals surface area contributed by atoms with E-state index in [2.05, 4.69) is 20.4 Å². The van der Waals surface area contributed by atoms with Crippen molar-refractivity contribution in [2.45, 2.75) is 20.8 Å². The fraction of sp³-hybridized carbons (Fsp3) is 0.300. The van der Waals surface area contributed by atoms with E-state index >= 15 is 0 Å². The second kappa shape index (κ2) is 39.9. The zero-order valence-electron chi connectivity index (χ0n) is 8.52. The Morgan fingerprint density at radius 1 is 0.857 bits per heavy atom. The summed E-state index contributed by atoms with van der Waals surface area (Å²) < 4.78 is 0. The molecule has 0 saturated heterocycles. The molecule has 0 aromatic carbocycles. The molecule has 3 nitrogen and oxygen atoms in total. The minimum absolute atomic E-state index is 0. The van der Waals surface area contributed by atoms with Crippen molar-refractivity contribution < 1.29 is 35.4 Å². The van der Waals surface area contributed by atoms with Crippen LogP contribution in [0.2, 0.25) is 0 Å². The third-order valence-corrected chi connectivity index (χ3v) is 0.516. The van der Waals surface area contributed by atoms with E-state index in [0.29, 0.717) is 0 Å². The van der Waals surface area contributed by atoms with Gasteiger partial charge in [0, 0.05) is 21.1 Å². The molecule has 0 N–H and O–H groups in total. The summed E-state index contributed by atoms with van der Waals surface area (Å²) in [6.45, 7) is 21.0. The summed E-state index contributed by atoms with van der Waals surface area (Å²) in [4.78, 5) is 23.2. The molecule has 0 amide bonds. The van der Waals surface area contributed by atoms with E-state index in [1.54, 1.807) is 0 Å². The van der Waals surface area contributed by atoms with E-state index < -0.39 is 0 Å². The molecular formula is C10H14O3W-4. The van der Waals surface area contributed by atoms with Crippen LogP contribution in [0.25, 0.3) is 0 Å². The van der Waals surface area contributed by atoms with Crippen molar-refractivity contribution in [1.82, 2.24) is 0 Å². The number of rotatable bonds is 1. The van der Waals surface area contributed by atoms with Gasteiger partial charge in [0.25, 0.3) is 0 Å². The van der Waals surface area contributed by atoms with Crippen LogP contribution in [0.4, 0.5) is 0 Å². The van der Waals surface area contributed by atoms with Crippen LogP contribution in [-0.4, -0.2) is 20.4 Å². The summed E-state index contributed by atoms with van der Waals surface area (Å²) in [5.41, 5.74) is 2.13. The van der Waals surface area contributed by atoms with E-state index in [9.17, 15) is 0 Å². The average molecular weight is 366 g/mol. The Morgan fingerprint density at radius 3 is 1.07 bits per heavy atom. The minimum atomic E-state index is 0. The van der Waals surface area contributed by atoms with E-state index in [0.717, 1.165) is 5.57 Å². The van der Waals surface area contributed by atoms with Crippen molar-refractivity contribution in [1.29, 1.82) is 0 Å². The van der Waals surface area contributed by atoms with Crippen LogP contribution < -0.4 is 0 Å². The summed E-state index contributed by atoms with van der Waals surface area (Å²) in [6.07, 6.45) is 1.94. The molecule has 0 unspecified atom stereocenters. The maximum absolute atomic E-state index is 7.75. The van der Waals surface area contributed by atoms with Crippen LogP contribution in [0.15, 0.2) is 17.2 Å². The second-order valence-electron chi connectivity index (χ2n) is 1.97. The summed E-state index contributed by atoms with van der Waals surface area (Å²) in [6, 6.07) is 0. The zero-order valence-corrected chi connectivity index (χ0v) is 11.5. The summed E-state index contributed by atoms with van der Waals surface area (Å²) in [5, 5.41) is 0. The van der Waals surface area contributed by atoms with Gasteiger partial charge in [0.1, 0.15) is 0 Å². The smallest absolute Gasteiger partial charge is 0 e. The average Bonchev–Trinajstić information content (AvgIpc) is 2.12. The van der Waals surface area contributed by atoms with Gasteiger partial charge in [0.2, 0.25) is 0 Å². The fourth-order valence-corrected chi connectivity index (χ4v) is 0.455. The first-order valence-electron chi connectivity index (χ1n) is 3.07. The molecule has 0 aromatic rings. The van der Waals surface area contributed by atoms with Gasteiger partial charge in [-0.3, -0.25) is 26.9 Å². The topological polar surface area (TPSA) is 51.2 Å². The van der Waals surface area contributed by atoms with Crippen LogP contribution >= 0.6 is 0 Å². The quantitative estimate of drug-likeness (QED) is 0.402. The molecule has 0 aliphatic heterocycles. The van der Waals surface area contributed by atoms with Crippen molar-refractivity contribution >= 4 is 20.4 Å². The predicted octanol–water partition coefficient (Wildman–Crippen LogP) is 1.51. The maximum atomic E-state index is 7.75. The Morgan fingerprint density at radius 2 is 1.07 bits per heavy atom. The normalized spacial score (nSPS) is 4.79. The van der Waals surface area contributed by atoms with Crippen molar-refractivity contribution in [3.05, 3.63) is 23.8 Å². The van der Waals surface area contributed by atoms with E-state index in [1.807, 2.05) is 26.8 Å². The first kappa shape index (κ1) is 29.2. The summed E-state index contributed by atoms with van der Waals surface area (Å²) in [5.74, 6) is 0. The van der Waals surface area contributed by atoms with Crippen LogP contribution in [0.5, 0.6) is 0 Å². The monoisotopic (exact) mass is 366 g/mol. The summed E-state index contributed by atoms with van der Waals surface area (Å²) in [7, 11) is 0. The van der Waals surface area contributed by atoms with Gasteiger partial charge in [-0.1, -0.05) is 20.8 Å². The first-order chi connectivity index (χ1) is 6.13. The van der Waals surface area contributed by atoms with Gasteiger partial charge in [-0.25, -0.2) is 11.6 Å². The number of hydrogen-bond donors (Lipinski definition) is 0. The molecule has 0 saturated carbocycles. The third kappa shape index (κ3) is 115. The van der Waals surface area contributed by atoms with Crippen LogP contribution in [0.1, 0.15) is 20.8 Å². The molecule has 0 aliphatic carbocycles. The zero-order chi connectivity index (χ0) is 11.9. The molecule has 0 radical (unpaired) electrons. The molecule has 4 heteroatoms. The van der Waals surface area contributed by atoms with Gasteiger partial charge in [-0.2, -0.15) is 5.57 Å². The third-order valence-electron chi connectivity index (χ3n) is 0.516. The van der Waals surface area contributed by atoms with Gasteiger partial charge in [0.05, 0.1) is 0 Å². The SMILES string of the molecule is [CH-]=C(C)C=C(C)C.[CH-]=O.[CH-]=O.[CH-]=O.[W]. The Labute approximate surface area is 101 Å². The molecule has 0 atom stereocenters. The molecule has 0 bridgehead atoms. The minimum Gasteiger partial charge on any atom is -0.545 e. The van der Waals surface area contributed by atoms with Crippen molar-refractivity contribution in [3.8, 4) is 0 Å².